The molecule has 0 fully saturated rings. The zero-order valence-corrected chi connectivity index (χ0v) is 13.0. The third-order valence-corrected chi connectivity index (χ3v) is 4.96. The molecule has 3 nitrogen and oxygen atoms in total. The van der Waals surface area contributed by atoms with Crippen LogP contribution in [-0.2, 0) is 6.42 Å². The fourth-order valence-corrected chi connectivity index (χ4v) is 4.02. The molecule has 0 aliphatic rings. The number of hydrogen-bond donors (Lipinski definition) is 1. The van der Waals surface area contributed by atoms with Crippen molar-refractivity contribution in [3.63, 3.8) is 0 Å². The van der Waals surface area contributed by atoms with Crippen molar-refractivity contribution >= 4 is 48.4 Å². The van der Waals surface area contributed by atoms with Crippen LogP contribution in [0.5, 0.6) is 0 Å². The van der Waals surface area contributed by atoms with Gasteiger partial charge in [0.2, 0.25) is 6.20 Å². The number of benzene rings is 1. The highest BCUT2D eigenvalue weighted by molar-refractivity contribution is 9.10. The van der Waals surface area contributed by atoms with E-state index in [-0.39, 0.29) is 0 Å². The van der Waals surface area contributed by atoms with Crippen LogP contribution in [0.4, 0.5) is 0 Å². The number of thiazole rings is 1. The third-order valence-electron chi connectivity index (χ3n) is 3.15. The van der Waals surface area contributed by atoms with Crippen LogP contribution in [0.1, 0.15) is 24.8 Å². The first kappa shape index (κ1) is 12.8. The first-order valence-corrected chi connectivity index (χ1v) is 7.93. The molecule has 0 saturated carbocycles. The molecule has 0 aliphatic carbocycles. The third kappa shape index (κ3) is 2.21. The van der Waals surface area contributed by atoms with Gasteiger partial charge in [-0.1, -0.05) is 19.4 Å². The van der Waals surface area contributed by atoms with Gasteiger partial charge < -0.3 is 0 Å². The van der Waals surface area contributed by atoms with E-state index in [0.29, 0.717) is 0 Å². The Kier molecular flexibility index (Phi) is 3.41. The average molecular weight is 338 g/mol. The summed E-state index contributed by atoms with van der Waals surface area (Å²) in [6.07, 6.45) is 5.02. The zero-order chi connectivity index (χ0) is 13.4. The standard InChI is InChI=1S/C14H14BrN2OS/c1-2-3-7-12-16-10-8-17(18)11-6-4-5-9(15)13(11)14(10)19-12/h4-6,8,18H,2-3,7H2,1H3/q+1. The Hall–Kier alpha value is -1.20. The number of pyridine rings is 1. The molecule has 19 heavy (non-hydrogen) atoms. The SMILES string of the molecule is CCCCc1nc2c[n+](O)c3cccc(Br)c3c2s1. The summed E-state index contributed by atoms with van der Waals surface area (Å²) in [4.78, 5) is 4.62. The Morgan fingerprint density at radius 2 is 2.26 bits per heavy atom. The number of aromatic nitrogens is 2. The van der Waals surface area contributed by atoms with Crippen molar-refractivity contribution in [2.45, 2.75) is 26.2 Å². The highest BCUT2D eigenvalue weighted by Crippen LogP contribution is 2.33. The van der Waals surface area contributed by atoms with Crippen LogP contribution in [0.25, 0.3) is 21.1 Å². The summed E-state index contributed by atoms with van der Waals surface area (Å²) in [5.74, 6) is 0. The lowest BCUT2D eigenvalue weighted by molar-refractivity contribution is -0.883. The first-order chi connectivity index (χ1) is 9.20. The predicted octanol–water partition coefficient (Wildman–Crippen LogP) is 4.08. The van der Waals surface area contributed by atoms with E-state index in [1.54, 1.807) is 17.5 Å². The number of hydrogen-bond acceptors (Lipinski definition) is 3. The summed E-state index contributed by atoms with van der Waals surface area (Å²) >= 11 is 5.29. The number of rotatable bonds is 3. The van der Waals surface area contributed by atoms with Crippen molar-refractivity contribution in [2.24, 2.45) is 0 Å². The Morgan fingerprint density at radius 3 is 3.05 bits per heavy atom. The van der Waals surface area contributed by atoms with E-state index in [1.807, 2.05) is 18.2 Å². The zero-order valence-electron chi connectivity index (χ0n) is 10.6. The van der Waals surface area contributed by atoms with Crippen molar-refractivity contribution in [2.75, 3.05) is 0 Å². The number of halogens is 1. The van der Waals surface area contributed by atoms with E-state index in [0.717, 1.165) is 48.2 Å². The molecule has 3 aromatic rings. The summed E-state index contributed by atoms with van der Waals surface area (Å²) < 4.78 is 3.29. The number of aryl methyl sites for hydroxylation is 1. The molecule has 98 valence electrons. The lowest BCUT2D eigenvalue weighted by Crippen LogP contribution is -2.30. The average Bonchev–Trinajstić information content (AvgIpc) is 2.79. The van der Waals surface area contributed by atoms with Gasteiger partial charge in [0, 0.05) is 15.3 Å². The molecule has 2 heterocycles. The summed E-state index contributed by atoms with van der Waals surface area (Å²) in [7, 11) is 0. The minimum atomic E-state index is 0.799. The maximum Gasteiger partial charge on any atom is 0.267 e. The molecular formula is C14H14BrN2OS+. The number of fused-ring (bicyclic) bond motifs is 3. The molecule has 3 rings (SSSR count). The molecule has 0 bridgehead atoms. The van der Waals surface area contributed by atoms with Crippen molar-refractivity contribution in [3.05, 3.63) is 33.9 Å². The second kappa shape index (κ2) is 5.06. The van der Waals surface area contributed by atoms with Gasteiger partial charge in [0.25, 0.3) is 5.52 Å². The highest BCUT2D eigenvalue weighted by Gasteiger charge is 2.18. The van der Waals surface area contributed by atoms with Gasteiger partial charge in [0.05, 0.1) is 15.1 Å². The second-order valence-electron chi connectivity index (χ2n) is 4.53. The normalized spacial score (nSPS) is 11.5. The van der Waals surface area contributed by atoms with Crippen LogP contribution in [0.2, 0.25) is 0 Å². The van der Waals surface area contributed by atoms with Crippen molar-refractivity contribution in [1.29, 1.82) is 0 Å². The van der Waals surface area contributed by atoms with E-state index < -0.39 is 0 Å². The van der Waals surface area contributed by atoms with Gasteiger partial charge in [0.15, 0.2) is 5.52 Å². The van der Waals surface area contributed by atoms with Gasteiger partial charge in [-0.05, 0) is 34.8 Å². The van der Waals surface area contributed by atoms with Crippen LogP contribution in [0, 0.1) is 0 Å². The van der Waals surface area contributed by atoms with Crippen molar-refractivity contribution in [3.8, 4) is 0 Å². The topological polar surface area (TPSA) is 37.0 Å². The highest BCUT2D eigenvalue weighted by atomic mass is 79.9. The number of unbranched alkanes of at least 4 members (excludes halogenated alkanes) is 1. The minimum Gasteiger partial charge on any atom is -0.284 e. The largest absolute Gasteiger partial charge is 0.284 e. The fourth-order valence-electron chi connectivity index (χ4n) is 2.19. The van der Waals surface area contributed by atoms with Crippen LogP contribution in [0.15, 0.2) is 28.9 Å². The van der Waals surface area contributed by atoms with Crippen LogP contribution in [-0.4, -0.2) is 10.2 Å². The molecule has 0 spiro atoms. The minimum absolute atomic E-state index is 0.799. The van der Waals surface area contributed by atoms with Gasteiger partial charge in [-0.15, -0.1) is 11.3 Å². The Balaban J connectivity index is 2.29. The predicted molar refractivity (Wildman–Crippen MR) is 80.8 cm³/mol. The van der Waals surface area contributed by atoms with E-state index in [4.69, 9.17) is 0 Å². The maximum absolute atomic E-state index is 10.0. The lowest BCUT2D eigenvalue weighted by Gasteiger charge is -1.97. The van der Waals surface area contributed by atoms with Gasteiger partial charge in [-0.2, -0.15) is 0 Å². The molecule has 0 amide bonds. The molecule has 0 unspecified atom stereocenters. The van der Waals surface area contributed by atoms with E-state index in [1.165, 1.54) is 6.42 Å². The molecule has 5 heteroatoms. The smallest absolute Gasteiger partial charge is 0.267 e. The Labute approximate surface area is 123 Å². The van der Waals surface area contributed by atoms with Gasteiger partial charge in [-0.3, -0.25) is 5.21 Å². The molecule has 2 aromatic heterocycles. The summed E-state index contributed by atoms with van der Waals surface area (Å²) in [6.45, 7) is 2.18. The maximum atomic E-state index is 10.0. The number of nitrogens with zero attached hydrogens (tertiary/aromatic N) is 2. The molecule has 1 aromatic carbocycles. The van der Waals surface area contributed by atoms with Crippen LogP contribution < -0.4 is 4.73 Å². The van der Waals surface area contributed by atoms with Crippen molar-refractivity contribution < 1.29 is 9.94 Å². The first-order valence-electron chi connectivity index (χ1n) is 6.32. The second-order valence-corrected chi connectivity index (χ2v) is 6.47. The summed E-state index contributed by atoms with van der Waals surface area (Å²) in [5.41, 5.74) is 1.66. The molecule has 1 N–H and O–H groups in total. The Morgan fingerprint density at radius 1 is 1.42 bits per heavy atom. The van der Waals surface area contributed by atoms with Gasteiger partial charge in [0.1, 0.15) is 0 Å². The Bertz CT molecular complexity index is 754. The van der Waals surface area contributed by atoms with Gasteiger partial charge in [-0.25, -0.2) is 4.98 Å². The molecule has 0 radical (unpaired) electrons. The van der Waals surface area contributed by atoms with Crippen molar-refractivity contribution in [1.82, 2.24) is 4.98 Å². The van der Waals surface area contributed by atoms with Crippen LogP contribution >= 0.6 is 27.3 Å². The monoisotopic (exact) mass is 337 g/mol. The molecule has 0 saturated heterocycles. The fraction of sp³-hybridized carbons (Fsp3) is 0.286. The quantitative estimate of drug-likeness (QED) is 0.577. The van der Waals surface area contributed by atoms with Gasteiger partial charge >= 0.3 is 0 Å². The van der Waals surface area contributed by atoms with Crippen LogP contribution in [0.3, 0.4) is 0 Å². The summed E-state index contributed by atoms with van der Waals surface area (Å²) in [6, 6.07) is 5.82. The molecular weight excluding hydrogens is 324 g/mol. The summed E-state index contributed by atoms with van der Waals surface area (Å²) in [5, 5.41) is 12.2. The lowest BCUT2D eigenvalue weighted by atomic mass is 10.2. The van der Waals surface area contributed by atoms with E-state index >= 15 is 0 Å². The molecule has 0 aliphatic heterocycles. The molecule has 0 atom stereocenters. The van der Waals surface area contributed by atoms with E-state index in [2.05, 4.69) is 27.8 Å². The van der Waals surface area contributed by atoms with E-state index in [9.17, 15) is 5.21 Å².